The monoisotopic (exact) mass is 236 g/mol. The first-order chi connectivity index (χ1) is 8.15. The van der Waals surface area contributed by atoms with Gasteiger partial charge in [-0.2, -0.15) is 0 Å². The third-order valence-electron chi connectivity index (χ3n) is 5.21. The Morgan fingerprint density at radius 3 is 2.29 bits per heavy atom. The summed E-state index contributed by atoms with van der Waals surface area (Å²) in [4.78, 5) is 16.8. The van der Waals surface area contributed by atoms with E-state index in [0.29, 0.717) is 23.9 Å². The lowest BCUT2D eigenvalue weighted by molar-refractivity contribution is -0.125. The molecule has 3 rings (SSSR count). The van der Waals surface area contributed by atoms with E-state index < -0.39 is 0 Å². The third kappa shape index (κ3) is 2.04. The summed E-state index contributed by atoms with van der Waals surface area (Å²) in [6.07, 6.45) is 6.77. The van der Waals surface area contributed by atoms with Crippen LogP contribution in [0.15, 0.2) is 0 Å². The topological polar surface area (TPSA) is 23.6 Å². The van der Waals surface area contributed by atoms with Crippen LogP contribution in [-0.4, -0.2) is 53.3 Å². The standard InChI is InChI=1S/C14H24N2O/c1-10-7-13(5-6-15(10)2)16-11-3-4-12(16)9-14(17)8-11/h10-13H,3-9H2,1-2H3. The Labute approximate surface area is 104 Å². The fourth-order valence-electron chi connectivity index (χ4n) is 4.14. The van der Waals surface area contributed by atoms with Crippen molar-refractivity contribution in [1.29, 1.82) is 0 Å². The summed E-state index contributed by atoms with van der Waals surface area (Å²) in [6, 6.07) is 2.61. The van der Waals surface area contributed by atoms with E-state index >= 15 is 0 Å². The molecule has 0 aromatic rings. The lowest BCUT2D eigenvalue weighted by Gasteiger charge is -2.45. The summed E-state index contributed by atoms with van der Waals surface area (Å²) < 4.78 is 0. The molecular weight excluding hydrogens is 212 g/mol. The summed E-state index contributed by atoms with van der Waals surface area (Å²) in [5, 5.41) is 0. The summed E-state index contributed by atoms with van der Waals surface area (Å²) in [6.45, 7) is 3.55. The summed E-state index contributed by atoms with van der Waals surface area (Å²) >= 11 is 0. The summed E-state index contributed by atoms with van der Waals surface area (Å²) in [5.74, 6) is 0.509. The highest BCUT2D eigenvalue weighted by atomic mass is 16.1. The van der Waals surface area contributed by atoms with Crippen LogP contribution in [0.2, 0.25) is 0 Å². The molecule has 3 saturated heterocycles. The highest BCUT2D eigenvalue weighted by Gasteiger charge is 2.44. The Hall–Kier alpha value is -0.410. The molecule has 3 heteroatoms. The number of rotatable bonds is 1. The van der Waals surface area contributed by atoms with Crippen LogP contribution < -0.4 is 0 Å². The molecule has 3 heterocycles. The van der Waals surface area contributed by atoms with Gasteiger partial charge in [-0.15, -0.1) is 0 Å². The number of Topliss-reactive ketones (excluding diaryl/α,β-unsaturated/α-hetero) is 1. The van der Waals surface area contributed by atoms with Crippen LogP contribution in [-0.2, 0) is 4.79 Å². The molecule has 17 heavy (non-hydrogen) atoms. The van der Waals surface area contributed by atoms with Gasteiger partial charge in [-0.3, -0.25) is 9.69 Å². The van der Waals surface area contributed by atoms with Crippen molar-refractivity contribution in [1.82, 2.24) is 9.80 Å². The Balaban J connectivity index is 1.71. The van der Waals surface area contributed by atoms with Crippen molar-refractivity contribution in [3.63, 3.8) is 0 Å². The lowest BCUT2D eigenvalue weighted by atomic mass is 9.92. The van der Waals surface area contributed by atoms with Gasteiger partial charge in [0.25, 0.3) is 0 Å². The Morgan fingerprint density at radius 2 is 1.71 bits per heavy atom. The molecule has 0 N–H and O–H groups in total. The normalized spacial score (nSPS) is 44.2. The first-order valence-corrected chi connectivity index (χ1v) is 7.14. The smallest absolute Gasteiger partial charge is 0.136 e. The van der Waals surface area contributed by atoms with E-state index in [1.807, 2.05) is 0 Å². The maximum Gasteiger partial charge on any atom is 0.136 e. The van der Waals surface area contributed by atoms with E-state index in [2.05, 4.69) is 23.8 Å². The second kappa shape index (κ2) is 4.36. The van der Waals surface area contributed by atoms with Crippen LogP contribution >= 0.6 is 0 Å². The molecule has 3 fully saturated rings. The molecule has 0 spiro atoms. The molecule has 3 aliphatic rings. The third-order valence-corrected chi connectivity index (χ3v) is 5.21. The van der Waals surface area contributed by atoms with Gasteiger partial charge in [0, 0.05) is 37.0 Å². The number of hydrogen-bond donors (Lipinski definition) is 0. The van der Waals surface area contributed by atoms with Gasteiger partial charge in [-0.25, -0.2) is 0 Å². The van der Waals surface area contributed by atoms with Gasteiger partial charge in [0.05, 0.1) is 0 Å². The van der Waals surface area contributed by atoms with Crippen molar-refractivity contribution >= 4 is 5.78 Å². The first kappa shape index (κ1) is 11.7. The zero-order valence-electron chi connectivity index (χ0n) is 11.1. The molecule has 0 aromatic carbocycles. The predicted molar refractivity (Wildman–Crippen MR) is 68.0 cm³/mol. The predicted octanol–water partition coefficient (Wildman–Crippen LogP) is 1.67. The van der Waals surface area contributed by atoms with Crippen molar-refractivity contribution in [3.05, 3.63) is 0 Å². The van der Waals surface area contributed by atoms with Crippen LogP contribution in [0.5, 0.6) is 0 Å². The minimum Gasteiger partial charge on any atom is -0.304 e. The number of likely N-dealkylation sites (tertiary alicyclic amines) is 1. The van der Waals surface area contributed by atoms with Crippen molar-refractivity contribution in [2.24, 2.45) is 0 Å². The molecule has 0 amide bonds. The van der Waals surface area contributed by atoms with Gasteiger partial charge in [0.1, 0.15) is 5.78 Å². The fourth-order valence-corrected chi connectivity index (χ4v) is 4.14. The van der Waals surface area contributed by atoms with Gasteiger partial charge < -0.3 is 4.90 Å². The maximum atomic E-state index is 11.6. The number of carbonyl (C=O) groups is 1. The van der Waals surface area contributed by atoms with Crippen molar-refractivity contribution in [3.8, 4) is 0 Å². The fraction of sp³-hybridized carbons (Fsp3) is 0.929. The summed E-state index contributed by atoms with van der Waals surface area (Å²) in [5.41, 5.74) is 0. The molecular formula is C14H24N2O. The van der Waals surface area contributed by atoms with Gasteiger partial charge in [-0.1, -0.05) is 0 Å². The first-order valence-electron chi connectivity index (χ1n) is 7.14. The van der Waals surface area contributed by atoms with E-state index in [1.165, 1.54) is 32.2 Å². The van der Waals surface area contributed by atoms with Crippen molar-refractivity contribution in [2.75, 3.05) is 13.6 Å². The summed E-state index contributed by atoms with van der Waals surface area (Å²) in [7, 11) is 2.23. The van der Waals surface area contributed by atoms with Crippen LogP contribution in [0.1, 0.15) is 45.4 Å². The molecule has 3 nitrogen and oxygen atoms in total. The maximum absolute atomic E-state index is 11.6. The number of carbonyl (C=O) groups excluding carboxylic acids is 1. The minimum absolute atomic E-state index is 0.509. The average molecular weight is 236 g/mol. The number of fused-ring (bicyclic) bond motifs is 2. The Kier molecular flexibility index (Phi) is 2.99. The van der Waals surface area contributed by atoms with Crippen molar-refractivity contribution in [2.45, 2.75) is 69.6 Å². The molecule has 0 saturated carbocycles. The number of ketones is 1. The SMILES string of the molecule is CC1CC(N2C3CCC2CC(=O)C3)CCN1C. The number of nitrogens with zero attached hydrogens (tertiary/aromatic N) is 2. The zero-order valence-corrected chi connectivity index (χ0v) is 11.1. The molecule has 0 radical (unpaired) electrons. The Morgan fingerprint density at radius 1 is 1.06 bits per heavy atom. The van der Waals surface area contributed by atoms with E-state index in [0.717, 1.165) is 18.9 Å². The molecule has 3 aliphatic heterocycles. The number of hydrogen-bond acceptors (Lipinski definition) is 3. The van der Waals surface area contributed by atoms with Gasteiger partial charge in [-0.05, 0) is 46.2 Å². The largest absolute Gasteiger partial charge is 0.304 e. The average Bonchev–Trinajstić information content (AvgIpc) is 2.55. The highest BCUT2D eigenvalue weighted by Crippen LogP contribution is 2.38. The van der Waals surface area contributed by atoms with Gasteiger partial charge in [0.15, 0.2) is 0 Å². The van der Waals surface area contributed by atoms with Crippen LogP contribution in [0.25, 0.3) is 0 Å². The van der Waals surface area contributed by atoms with E-state index in [9.17, 15) is 4.79 Å². The zero-order chi connectivity index (χ0) is 12.0. The van der Waals surface area contributed by atoms with Crippen LogP contribution in [0.4, 0.5) is 0 Å². The molecule has 4 unspecified atom stereocenters. The molecule has 96 valence electrons. The molecule has 4 atom stereocenters. The van der Waals surface area contributed by atoms with Crippen LogP contribution in [0, 0.1) is 0 Å². The quantitative estimate of drug-likeness (QED) is 0.692. The lowest BCUT2D eigenvalue weighted by Crippen LogP contribution is -2.54. The van der Waals surface area contributed by atoms with Crippen LogP contribution in [0.3, 0.4) is 0 Å². The highest BCUT2D eigenvalue weighted by molar-refractivity contribution is 5.81. The molecule has 2 bridgehead atoms. The van der Waals surface area contributed by atoms with E-state index in [4.69, 9.17) is 0 Å². The Bertz CT molecular complexity index is 301. The van der Waals surface area contributed by atoms with E-state index in [-0.39, 0.29) is 0 Å². The number of piperidine rings is 2. The second-order valence-corrected chi connectivity index (χ2v) is 6.29. The molecule has 0 aromatic heterocycles. The van der Waals surface area contributed by atoms with Gasteiger partial charge >= 0.3 is 0 Å². The van der Waals surface area contributed by atoms with Crippen molar-refractivity contribution < 1.29 is 4.79 Å². The minimum atomic E-state index is 0.509. The van der Waals surface area contributed by atoms with Gasteiger partial charge in [0.2, 0.25) is 0 Å². The second-order valence-electron chi connectivity index (χ2n) is 6.29. The van der Waals surface area contributed by atoms with E-state index in [1.54, 1.807) is 0 Å². The molecule has 0 aliphatic carbocycles.